The third-order valence-corrected chi connectivity index (χ3v) is 6.26. The van der Waals surface area contributed by atoms with E-state index in [1.165, 1.54) is 70.9 Å². The quantitative estimate of drug-likeness (QED) is 0.781. The molecule has 20 heavy (non-hydrogen) atoms. The molecule has 2 aliphatic carbocycles. The zero-order valence-corrected chi connectivity index (χ0v) is 13.9. The molecule has 0 bridgehead atoms. The second kappa shape index (κ2) is 5.61. The second-order valence-electron chi connectivity index (χ2n) is 8.68. The molecule has 2 nitrogen and oxygen atoms in total. The van der Waals surface area contributed by atoms with Crippen molar-refractivity contribution in [3.8, 4) is 0 Å². The van der Waals surface area contributed by atoms with Crippen molar-refractivity contribution < 1.29 is 0 Å². The minimum Gasteiger partial charge on any atom is -0.310 e. The molecule has 0 aromatic heterocycles. The SMILES string of the molecule is CC(C)(C)C1CN(C2CCCCC2)C2(CCCC2)CN1. The molecule has 3 aliphatic rings. The van der Waals surface area contributed by atoms with Crippen molar-refractivity contribution in [1.29, 1.82) is 0 Å². The van der Waals surface area contributed by atoms with Crippen LogP contribution in [0.25, 0.3) is 0 Å². The Morgan fingerprint density at radius 1 is 0.950 bits per heavy atom. The lowest BCUT2D eigenvalue weighted by atomic mass is 9.79. The number of hydrogen-bond donors (Lipinski definition) is 1. The maximum atomic E-state index is 3.92. The van der Waals surface area contributed by atoms with Gasteiger partial charge in [-0.2, -0.15) is 0 Å². The number of nitrogens with zero attached hydrogens (tertiary/aromatic N) is 1. The molecule has 1 spiro atoms. The Balaban J connectivity index is 1.78. The highest BCUT2D eigenvalue weighted by Gasteiger charge is 2.47. The van der Waals surface area contributed by atoms with Gasteiger partial charge >= 0.3 is 0 Å². The molecule has 1 unspecified atom stereocenters. The fraction of sp³-hybridized carbons (Fsp3) is 1.00. The molecule has 2 heteroatoms. The minimum atomic E-state index is 0.382. The van der Waals surface area contributed by atoms with E-state index in [2.05, 4.69) is 31.0 Å². The van der Waals surface area contributed by atoms with Gasteiger partial charge in [0.25, 0.3) is 0 Å². The first-order valence-electron chi connectivity index (χ1n) is 9.01. The topological polar surface area (TPSA) is 15.3 Å². The molecule has 1 N–H and O–H groups in total. The van der Waals surface area contributed by atoms with Gasteiger partial charge in [0, 0.05) is 30.7 Å². The lowest BCUT2D eigenvalue weighted by molar-refractivity contribution is -0.0258. The van der Waals surface area contributed by atoms with Gasteiger partial charge in [0.05, 0.1) is 0 Å². The summed E-state index contributed by atoms with van der Waals surface area (Å²) in [4.78, 5) is 2.99. The van der Waals surface area contributed by atoms with Crippen molar-refractivity contribution in [2.24, 2.45) is 5.41 Å². The van der Waals surface area contributed by atoms with Crippen molar-refractivity contribution in [3.63, 3.8) is 0 Å². The molecular formula is C18H34N2. The van der Waals surface area contributed by atoms with Crippen LogP contribution in [-0.4, -0.2) is 35.6 Å². The van der Waals surface area contributed by atoms with Gasteiger partial charge in [-0.1, -0.05) is 52.9 Å². The highest BCUT2D eigenvalue weighted by molar-refractivity contribution is 5.05. The van der Waals surface area contributed by atoms with E-state index < -0.39 is 0 Å². The van der Waals surface area contributed by atoms with Crippen LogP contribution in [-0.2, 0) is 0 Å². The normalized spacial score (nSPS) is 32.9. The Labute approximate surface area is 125 Å². The molecule has 0 aromatic carbocycles. The molecule has 2 saturated carbocycles. The summed E-state index contributed by atoms with van der Waals surface area (Å²) in [7, 11) is 0. The molecule has 0 radical (unpaired) electrons. The predicted octanol–water partition coefficient (Wildman–Crippen LogP) is 3.95. The highest BCUT2D eigenvalue weighted by Crippen LogP contribution is 2.42. The van der Waals surface area contributed by atoms with Gasteiger partial charge in [-0.25, -0.2) is 0 Å². The van der Waals surface area contributed by atoms with Gasteiger partial charge in [-0.15, -0.1) is 0 Å². The second-order valence-corrected chi connectivity index (χ2v) is 8.68. The van der Waals surface area contributed by atoms with Gasteiger partial charge in [-0.3, -0.25) is 4.90 Å². The zero-order valence-electron chi connectivity index (χ0n) is 13.9. The molecule has 0 aromatic rings. The molecule has 1 saturated heterocycles. The first-order valence-corrected chi connectivity index (χ1v) is 9.01. The summed E-state index contributed by atoms with van der Waals surface area (Å²) in [6.07, 6.45) is 13.1. The largest absolute Gasteiger partial charge is 0.310 e. The van der Waals surface area contributed by atoms with Crippen LogP contribution >= 0.6 is 0 Å². The van der Waals surface area contributed by atoms with Crippen LogP contribution in [0.1, 0.15) is 78.6 Å². The highest BCUT2D eigenvalue weighted by atomic mass is 15.3. The van der Waals surface area contributed by atoms with E-state index in [0.29, 0.717) is 17.0 Å². The van der Waals surface area contributed by atoms with Crippen LogP contribution in [0.2, 0.25) is 0 Å². The lowest BCUT2D eigenvalue weighted by Gasteiger charge is -2.55. The Bertz CT molecular complexity index is 319. The van der Waals surface area contributed by atoms with Crippen LogP contribution in [0.15, 0.2) is 0 Å². The van der Waals surface area contributed by atoms with E-state index in [1.807, 2.05) is 0 Å². The van der Waals surface area contributed by atoms with Gasteiger partial charge < -0.3 is 5.32 Å². The Morgan fingerprint density at radius 3 is 2.20 bits per heavy atom. The van der Waals surface area contributed by atoms with Crippen molar-refractivity contribution in [3.05, 3.63) is 0 Å². The van der Waals surface area contributed by atoms with Gasteiger partial charge in [-0.05, 0) is 31.1 Å². The lowest BCUT2D eigenvalue weighted by Crippen LogP contribution is -2.68. The first-order chi connectivity index (χ1) is 9.51. The summed E-state index contributed by atoms with van der Waals surface area (Å²) in [5.74, 6) is 0. The van der Waals surface area contributed by atoms with Gasteiger partial charge in [0.2, 0.25) is 0 Å². The van der Waals surface area contributed by atoms with E-state index >= 15 is 0 Å². The maximum absolute atomic E-state index is 3.92. The molecule has 0 amide bonds. The summed E-state index contributed by atoms with van der Waals surface area (Å²) in [5, 5.41) is 3.92. The first kappa shape index (κ1) is 14.8. The summed E-state index contributed by atoms with van der Waals surface area (Å²) in [6.45, 7) is 9.72. The van der Waals surface area contributed by atoms with E-state index in [1.54, 1.807) is 0 Å². The predicted molar refractivity (Wildman–Crippen MR) is 86.0 cm³/mol. The third-order valence-electron chi connectivity index (χ3n) is 6.26. The minimum absolute atomic E-state index is 0.382. The average molecular weight is 278 g/mol. The van der Waals surface area contributed by atoms with Crippen LogP contribution < -0.4 is 5.32 Å². The Hall–Kier alpha value is -0.0800. The molecule has 116 valence electrons. The Kier molecular flexibility index (Phi) is 4.16. The maximum Gasteiger partial charge on any atom is 0.0337 e. The molecule has 1 aliphatic heterocycles. The van der Waals surface area contributed by atoms with Gasteiger partial charge in [0.1, 0.15) is 0 Å². The summed E-state index contributed by atoms with van der Waals surface area (Å²) in [6, 6.07) is 1.55. The van der Waals surface area contributed by atoms with Gasteiger partial charge in [0.15, 0.2) is 0 Å². The molecule has 3 rings (SSSR count). The van der Waals surface area contributed by atoms with E-state index in [-0.39, 0.29) is 0 Å². The van der Waals surface area contributed by atoms with Crippen LogP contribution in [0, 0.1) is 5.41 Å². The Morgan fingerprint density at radius 2 is 1.60 bits per heavy atom. The van der Waals surface area contributed by atoms with Crippen molar-refractivity contribution in [1.82, 2.24) is 10.2 Å². The van der Waals surface area contributed by atoms with Crippen LogP contribution in [0.5, 0.6) is 0 Å². The molecule has 1 atom stereocenters. The molecular weight excluding hydrogens is 244 g/mol. The van der Waals surface area contributed by atoms with E-state index in [0.717, 1.165) is 6.04 Å². The fourth-order valence-electron chi connectivity index (χ4n) is 4.88. The summed E-state index contributed by atoms with van der Waals surface area (Å²) >= 11 is 0. The van der Waals surface area contributed by atoms with Crippen molar-refractivity contribution >= 4 is 0 Å². The van der Waals surface area contributed by atoms with Crippen molar-refractivity contribution in [2.45, 2.75) is 96.2 Å². The van der Waals surface area contributed by atoms with E-state index in [9.17, 15) is 0 Å². The zero-order chi connectivity index (χ0) is 14.2. The monoisotopic (exact) mass is 278 g/mol. The number of rotatable bonds is 1. The number of nitrogens with one attached hydrogen (secondary N) is 1. The smallest absolute Gasteiger partial charge is 0.0337 e. The molecule has 3 fully saturated rings. The van der Waals surface area contributed by atoms with Crippen LogP contribution in [0.4, 0.5) is 0 Å². The summed E-state index contributed by atoms with van der Waals surface area (Å²) in [5.41, 5.74) is 0.900. The van der Waals surface area contributed by atoms with Crippen molar-refractivity contribution in [2.75, 3.05) is 13.1 Å². The van der Waals surface area contributed by atoms with E-state index in [4.69, 9.17) is 0 Å². The summed E-state index contributed by atoms with van der Waals surface area (Å²) < 4.78 is 0. The third kappa shape index (κ3) is 2.78. The average Bonchev–Trinajstić information content (AvgIpc) is 2.88. The standard InChI is InChI=1S/C18H34N2/c1-17(2,3)16-13-20(15-9-5-4-6-10-15)18(14-19-16)11-7-8-12-18/h15-16,19H,4-14H2,1-3H3. The molecule has 1 heterocycles. The fourth-order valence-corrected chi connectivity index (χ4v) is 4.88. The van der Waals surface area contributed by atoms with Crippen LogP contribution in [0.3, 0.4) is 0 Å². The number of hydrogen-bond acceptors (Lipinski definition) is 2. The number of piperazine rings is 1.